The van der Waals surface area contributed by atoms with Gasteiger partial charge in [0.1, 0.15) is 0 Å². The highest BCUT2D eigenvalue weighted by Crippen LogP contribution is 2.22. The largest absolute Gasteiger partial charge is 0.481 e. The van der Waals surface area contributed by atoms with E-state index in [9.17, 15) is 9.59 Å². The molecule has 0 aromatic carbocycles. The van der Waals surface area contributed by atoms with Crippen molar-refractivity contribution in [2.75, 3.05) is 13.1 Å². The number of amides is 2. The van der Waals surface area contributed by atoms with Gasteiger partial charge in [-0.15, -0.1) is 0 Å². The van der Waals surface area contributed by atoms with Crippen molar-refractivity contribution in [3.63, 3.8) is 0 Å². The fourth-order valence-electron chi connectivity index (χ4n) is 2.88. The van der Waals surface area contributed by atoms with E-state index in [0.717, 1.165) is 45.2 Å². The number of carbonyl (C=O) groups excluding carboxylic acids is 1. The Labute approximate surface area is 128 Å². The van der Waals surface area contributed by atoms with Gasteiger partial charge in [0.2, 0.25) is 0 Å². The summed E-state index contributed by atoms with van der Waals surface area (Å²) in [5.41, 5.74) is 0. The van der Waals surface area contributed by atoms with Crippen LogP contribution in [-0.2, 0) is 4.79 Å². The molecule has 5 heteroatoms. The number of hydrogen-bond acceptors (Lipinski definition) is 2. The first kappa shape index (κ1) is 17.8. The maximum atomic E-state index is 12.2. The lowest BCUT2D eigenvalue weighted by Gasteiger charge is -2.33. The summed E-state index contributed by atoms with van der Waals surface area (Å²) >= 11 is 0. The van der Waals surface area contributed by atoms with E-state index in [-0.39, 0.29) is 18.5 Å². The van der Waals surface area contributed by atoms with Gasteiger partial charge in [0, 0.05) is 25.6 Å². The molecule has 122 valence electrons. The first-order chi connectivity index (χ1) is 9.92. The van der Waals surface area contributed by atoms with Gasteiger partial charge >= 0.3 is 12.0 Å². The second-order valence-corrected chi connectivity index (χ2v) is 6.46. The summed E-state index contributed by atoms with van der Waals surface area (Å²) in [6.45, 7) is 7.92. The number of rotatable bonds is 7. The maximum absolute atomic E-state index is 12.2. The molecule has 2 N–H and O–H groups in total. The summed E-state index contributed by atoms with van der Waals surface area (Å²) in [6.07, 6.45) is 4.95. The van der Waals surface area contributed by atoms with Crippen LogP contribution in [0.25, 0.3) is 0 Å². The molecular formula is C16H30N2O3. The number of carboxylic acid groups (broad SMARTS) is 1. The molecule has 0 spiro atoms. The van der Waals surface area contributed by atoms with Gasteiger partial charge in [-0.25, -0.2) is 4.79 Å². The zero-order valence-corrected chi connectivity index (χ0v) is 13.6. The van der Waals surface area contributed by atoms with Crippen molar-refractivity contribution < 1.29 is 14.7 Å². The monoisotopic (exact) mass is 298 g/mol. The van der Waals surface area contributed by atoms with Gasteiger partial charge in [-0.05, 0) is 44.4 Å². The number of piperidine rings is 1. The van der Waals surface area contributed by atoms with E-state index in [1.807, 2.05) is 4.90 Å². The highest BCUT2D eigenvalue weighted by Gasteiger charge is 2.24. The van der Waals surface area contributed by atoms with Crippen molar-refractivity contribution in [2.45, 2.75) is 65.3 Å². The van der Waals surface area contributed by atoms with Gasteiger partial charge in [0.05, 0.1) is 0 Å². The van der Waals surface area contributed by atoms with Gasteiger partial charge in [-0.1, -0.05) is 20.3 Å². The normalized spacial score (nSPS) is 19.1. The number of likely N-dealkylation sites (tertiary alicyclic amines) is 1. The summed E-state index contributed by atoms with van der Waals surface area (Å²) in [6, 6.07) is 0.236. The molecular weight excluding hydrogens is 268 g/mol. The Kier molecular flexibility index (Phi) is 7.54. The van der Waals surface area contributed by atoms with Crippen molar-refractivity contribution in [3.8, 4) is 0 Å². The van der Waals surface area contributed by atoms with Gasteiger partial charge in [-0.3, -0.25) is 4.79 Å². The Morgan fingerprint density at radius 1 is 1.29 bits per heavy atom. The van der Waals surface area contributed by atoms with E-state index in [0.29, 0.717) is 11.8 Å². The third-order valence-corrected chi connectivity index (χ3v) is 4.49. The molecule has 0 aromatic heterocycles. The quantitative estimate of drug-likeness (QED) is 0.759. The molecule has 2 atom stereocenters. The van der Waals surface area contributed by atoms with E-state index in [2.05, 4.69) is 26.1 Å². The first-order valence-electron chi connectivity index (χ1n) is 8.19. The minimum atomic E-state index is -0.728. The van der Waals surface area contributed by atoms with Crippen LogP contribution in [0, 0.1) is 11.8 Å². The summed E-state index contributed by atoms with van der Waals surface area (Å²) in [7, 11) is 0. The Hall–Kier alpha value is -1.26. The fourth-order valence-corrected chi connectivity index (χ4v) is 2.88. The third kappa shape index (κ3) is 6.82. The number of nitrogens with one attached hydrogen (secondary N) is 1. The second kappa shape index (κ2) is 8.90. The van der Waals surface area contributed by atoms with Crippen LogP contribution >= 0.6 is 0 Å². The molecule has 1 saturated heterocycles. The average molecular weight is 298 g/mol. The first-order valence-corrected chi connectivity index (χ1v) is 8.19. The Morgan fingerprint density at radius 2 is 1.90 bits per heavy atom. The molecule has 0 radical (unpaired) electrons. The highest BCUT2D eigenvalue weighted by molar-refractivity contribution is 5.74. The van der Waals surface area contributed by atoms with E-state index < -0.39 is 5.97 Å². The van der Waals surface area contributed by atoms with Gasteiger partial charge < -0.3 is 15.3 Å². The van der Waals surface area contributed by atoms with E-state index in [4.69, 9.17) is 5.11 Å². The molecule has 1 aliphatic rings. The number of urea groups is 1. The minimum absolute atomic E-state index is 0.0301. The summed E-state index contributed by atoms with van der Waals surface area (Å²) < 4.78 is 0. The van der Waals surface area contributed by atoms with Crippen molar-refractivity contribution in [3.05, 3.63) is 0 Å². The number of hydrogen-bond donors (Lipinski definition) is 2. The molecule has 21 heavy (non-hydrogen) atoms. The van der Waals surface area contributed by atoms with Crippen LogP contribution in [0.2, 0.25) is 0 Å². The molecule has 1 fully saturated rings. The molecule has 0 saturated carbocycles. The molecule has 1 rings (SSSR count). The zero-order valence-electron chi connectivity index (χ0n) is 13.6. The lowest BCUT2D eigenvalue weighted by Crippen LogP contribution is -2.47. The van der Waals surface area contributed by atoms with Crippen LogP contribution in [0.5, 0.6) is 0 Å². The van der Waals surface area contributed by atoms with Crippen molar-refractivity contribution in [1.82, 2.24) is 10.2 Å². The standard InChI is InChI=1S/C16H30N2O3/c1-4-12(2)11-13(3)17-16(21)18-9-7-14(8-10-18)5-6-15(19)20/h12-14H,4-11H2,1-3H3,(H,17,21)(H,19,20). The summed E-state index contributed by atoms with van der Waals surface area (Å²) in [5.74, 6) is 0.346. The van der Waals surface area contributed by atoms with E-state index in [1.165, 1.54) is 0 Å². The smallest absolute Gasteiger partial charge is 0.317 e. The summed E-state index contributed by atoms with van der Waals surface area (Å²) in [5, 5.41) is 11.8. The molecule has 2 amide bonds. The SMILES string of the molecule is CCC(C)CC(C)NC(=O)N1CCC(CCC(=O)O)CC1. The summed E-state index contributed by atoms with van der Waals surface area (Å²) in [4.78, 5) is 24.6. The Bertz CT molecular complexity index is 338. The third-order valence-electron chi connectivity index (χ3n) is 4.49. The average Bonchev–Trinajstić information content (AvgIpc) is 2.45. The van der Waals surface area contributed by atoms with Crippen LogP contribution in [0.4, 0.5) is 4.79 Å². The number of carboxylic acids is 1. The van der Waals surface area contributed by atoms with Gasteiger partial charge in [-0.2, -0.15) is 0 Å². The predicted octanol–water partition coefficient (Wildman–Crippen LogP) is 3.10. The lowest BCUT2D eigenvalue weighted by atomic mass is 9.92. The molecule has 1 heterocycles. The van der Waals surface area contributed by atoms with Crippen LogP contribution in [0.1, 0.15) is 59.3 Å². The maximum Gasteiger partial charge on any atom is 0.317 e. The topological polar surface area (TPSA) is 69.6 Å². The van der Waals surface area contributed by atoms with Crippen LogP contribution in [0.15, 0.2) is 0 Å². The number of nitrogens with zero attached hydrogens (tertiary/aromatic N) is 1. The molecule has 1 aliphatic heterocycles. The van der Waals surface area contributed by atoms with Gasteiger partial charge in [0.25, 0.3) is 0 Å². The van der Waals surface area contributed by atoms with Crippen molar-refractivity contribution >= 4 is 12.0 Å². The molecule has 0 aromatic rings. The van der Waals surface area contributed by atoms with Crippen molar-refractivity contribution in [2.24, 2.45) is 11.8 Å². The van der Waals surface area contributed by atoms with Crippen molar-refractivity contribution in [1.29, 1.82) is 0 Å². The van der Waals surface area contributed by atoms with Crippen LogP contribution in [0.3, 0.4) is 0 Å². The molecule has 0 bridgehead atoms. The van der Waals surface area contributed by atoms with Crippen LogP contribution < -0.4 is 5.32 Å². The van der Waals surface area contributed by atoms with E-state index in [1.54, 1.807) is 0 Å². The van der Waals surface area contributed by atoms with E-state index >= 15 is 0 Å². The minimum Gasteiger partial charge on any atom is -0.481 e. The second-order valence-electron chi connectivity index (χ2n) is 6.46. The zero-order chi connectivity index (χ0) is 15.8. The molecule has 0 aliphatic carbocycles. The predicted molar refractivity (Wildman–Crippen MR) is 83.2 cm³/mol. The molecule has 5 nitrogen and oxygen atoms in total. The Morgan fingerprint density at radius 3 is 2.43 bits per heavy atom. The Balaban J connectivity index is 2.26. The lowest BCUT2D eigenvalue weighted by molar-refractivity contribution is -0.137. The fraction of sp³-hybridized carbons (Fsp3) is 0.875. The number of aliphatic carboxylic acids is 1. The van der Waals surface area contributed by atoms with Crippen LogP contribution in [-0.4, -0.2) is 41.1 Å². The molecule has 2 unspecified atom stereocenters. The number of carbonyl (C=O) groups is 2. The van der Waals surface area contributed by atoms with Gasteiger partial charge in [0.15, 0.2) is 0 Å². The highest BCUT2D eigenvalue weighted by atomic mass is 16.4.